The van der Waals surface area contributed by atoms with Crippen LogP contribution in [-0.2, 0) is 0 Å². The van der Waals surface area contributed by atoms with Crippen molar-refractivity contribution >= 4 is 34.2 Å². The Morgan fingerprint density at radius 1 is 1.25 bits per heavy atom. The van der Waals surface area contributed by atoms with Gasteiger partial charge in [0.25, 0.3) is 0 Å². The van der Waals surface area contributed by atoms with Gasteiger partial charge in [-0.3, -0.25) is 4.79 Å². The third-order valence-electron chi connectivity index (χ3n) is 4.49. The number of anilines is 1. The van der Waals surface area contributed by atoms with Crippen LogP contribution in [0.4, 0.5) is 5.82 Å². The number of carbonyl (C=O) groups is 1. The second-order valence-electron chi connectivity index (χ2n) is 6.03. The average Bonchev–Trinajstić information content (AvgIpc) is 3.22. The van der Waals surface area contributed by atoms with Gasteiger partial charge in [-0.25, -0.2) is 14.6 Å². The topological polar surface area (TPSA) is 86.7 Å². The number of fused-ring (bicyclic) bond motifs is 1. The standard InChI is InChI=1S/C17H16ClN5O/c18-11-5-3-4-10(8-11)15(24)14-13-16(19)20-9-21-17(13)23(22-14)12-6-1-2-7-12/h3-5,8-9,12H,1-2,6-7H2,(H2,19,20,21). The monoisotopic (exact) mass is 341 g/mol. The summed E-state index contributed by atoms with van der Waals surface area (Å²) in [7, 11) is 0. The minimum absolute atomic E-state index is 0.222. The summed E-state index contributed by atoms with van der Waals surface area (Å²) in [5, 5.41) is 5.61. The number of hydrogen-bond donors (Lipinski definition) is 1. The molecule has 0 unspecified atom stereocenters. The molecule has 0 spiro atoms. The van der Waals surface area contributed by atoms with Crippen LogP contribution in [0.1, 0.15) is 47.8 Å². The molecular weight excluding hydrogens is 326 g/mol. The molecule has 1 aliphatic carbocycles. The molecule has 122 valence electrons. The van der Waals surface area contributed by atoms with Gasteiger partial charge in [0.1, 0.15) is 17.8 Å². The van der Waals surface area contributed by atoms with E-state index < -0.39 is 0 Å². The van der Waals surface area contributed by atoms with E-state index in [0.29, 0.717) is 21.6 Å². The second-order valence-corrected chi connectivity index (χ2v) is 6.46. The van der Waals surface area contributed by atoms with Crippen LogP contribution in [0.15, 0.2) is 30.6 Å². The highest BCUT2D eigenvalue weighted by atomic mass is 35.5. The predicted octanol–water partition coefficient (Wildman–Crippen LogP) is 3.41. The summed E-state index contributed by atoms with van der Waals surface area (Å²) in [4.78, 5) is 21.3. The fourth-order valence-corrected chi connectivity index (χ4v) is 3.51. The molecule has 2 N–H and O–H groups in total. The maximum atomic E-state index is 12.9. The van der Waals surface area contributed by atoms with E-state index in [1.165, 1.54) is 6.33 Å². The van der Waals surface area contributed by atoms with E-state index in [2.05, 4.69) is 15.1 Å². The smallest absolute Gasteiger partial charge is 0.214 e. The van der Waals surface area contributed by atoms with Crippen LogP contribution in [-0.4, -0.2) is 25.5 Å². The zero-order chi connectivity index (χ0) is 16.7. The molecule has 3 aromatic rings. The Kier molecular flexibility index (Phi) is 3.69. The number of rotatable bonds is 3. The lowest BCUT2D eigenvalue weighted by Crippen LogP contribution is -2.09. The minimum atomic E-state index is -0.222. The molecule has 0 bridgehead atoms. The van der Waals surface area contributed by atoms with Gasteiger partial charge in [-0.05, 0) is 25.0 Å². The van der Waals surface area contributed by atoms with Crippen molar-refractivity contribution in [2.24, 2.45) is 0 Å². The maximum Gasteiger partial charge on any atom is 0.214 e. The Bertz CT molecular complexity index is 930. The van der Waals surface area contributed by atoms with Crippen molar-refractivity contribution in [3.8, 4) is 0 Å². The summed E-state index contributed by atoms with van der Waals surface area (Å²) in [6.45, 7) is 0. The van der Waals surface area contributed by atoms with Crippen molar-refractivity contribution in [2.45, 2.75) is 31.7 Å². The number of nitrogen functional groups attached to an aromatic ring is 1. The van der Waals surface area contributed by atoms with Crippen LogP contribution in [0.5, 0.6) is 0 Å². The lowest BCUT2D eigenvalue weighted by Gasteiger charge is -2.09. The Morgan fingerprint density at radius 3 is 2.79 bits per heavy atom. The molecule has 24 heavy (non-hydrogen) atoms. The second kappa shape index (κ2) is 5.87. The highest BCUT2D eigenvalue weighted by molar-refractivity contribution is 6.31. The molecule has 2 aromatic heterocycles. The lowest BCUT2D eigenvalue weighted by molar-refractivity contribution is 0.103. The Balaban J connectivity index is 1.90. The molecule has 0 atom stereocenters. The fourth-order valence-electron chi connectivity index (χ4n) is 3.32. The number of benzene rings is 1. The molecule has 1 saturated carbocycles. The molecule has 1 aromatic carbocycles. The van der Waals surface area contributed by atoms with Gasteiger partial charge in [0.15, 0.2) is 5.65 Å². The zero-order valence-electron chi connectivity index (χ0n) is 12.9. The van der Waals surface area contributed by atoms with Gasteiger partial charge in [0.2, 0.25) is 5.78 Å². The van der Waals surface area contributed by atoms with Crippen LogP contribution < -0.4 is 5.73 Å². The molecule has 4 rings (SSSR count). The number of hydrogen-bond acceptors (Lipinski definition) is 5. The van der Waals surface area contributed by atoms with Crippen molar-refractivity contribution in [3.05, 3.63) is 46.9 Å². The molecule has 1 fully saturated rings. The van der Waals surface area contributed by atoms with E-state index in [0.717, 1.165) is 25.7 Å². The van der Waals surface area contributed by atoms with E-state index in [-0.39, 0.29) is 23.3 Å². The number of aromatic nitrogens is 4. The van der Waals surface area contributed by atoms with Crippen molar-refractivity contribution in [2.75, 3.05) is 5.73 Å². The van der Waals surface area contributed by atoms with E-state index >= 15 is 0 Å². The number of nitrogens with zero attached hydrogens (tertiary/aromatic N) is 4. The van der Waals surface area contributed by atoms with Crippen molar-refractivity contribution in [3.63, 3.8) is 0 Å². The summed E-state index contributed by atoms with van der Waals surface area (Å²) < 4.78 is 1.85. The molecular formula is C17H16ClN5O. The molecule has 2 heterocycles. The van der Waals surface area contributed by atoms with Gasteiger partial charge in [0.05, 0.1) is 11.4 Å². The minimum Gasteiger partial charge on any atom is -0.383 e. The quantitative estimate of drug-likeness (QED) is 0.738. The Hall–Kier alpha value is -2.47. The van der Waals surface area contributed by atoms with E-state index in [1.54, 1.807) is 24.3 Å². The Morgan fingerprint density at radius 2 is 2.04 bits per heavy atom. The molecule has 0 aliphatic heterocycles. The van der Waals surface area contributed by atoms with Gasteiger partial charge in [0, 0.05) is 10.6 Å². The molecule has 0 amide bonds. The highest BCUT2D eigenvalue weighted by Gasteiger charge is 2.27. The van der Waals surface area contributed by atoms with E-state index in [1.807, 2.05) is 4.68 Å². The number of nitrogens with two attached hydrogens (primary N) is 1. The van der Waals surface area contributed by atoms with Crippen LogP contribution in [0.25, 0.3) is 11.0 Å². The van der Waals surface area contributed by atoms with E-state index in [4.69, 9.17) is 17.3 Å². The normalized spacial score (nSPS) is 15.2. The predicted molar refractivity (Wildman–Crippen MR) is 92.1 cm³/mol. The third-order valence-corrected chi connectivity index (χ3v) is 4.73. The highest BCUT2D eigenvalue weighted by Crippen LogP contribution is 2.33. The van der Waals surface area contributed by atoms with Crippen molar-refractivity contribution < 1.29 is 4.79 Å². The van der Waals surface area contributed by atoms with Gasteiger partial charge in [-0.15, -0.1) is 0 Å². The van der Waals surface area contributed by atoms with Crippen molar-refractivity contribution in [1.82, 2.24) is 19.7 Å². The van der Waals surface area contributed by atoms with Gasteiger partial charge < -0.3 is 5.73 Å². The zero-order valence-corrected chi connectivity index (χ0v) is 13.7. The Labute approximate surface area is 143 Å². The maximum absolute atomic E-state index is 12.9. The van der Waals surface area contributed by atoms with Gasteiger partial charge in [-0.2, -0.15) is 5.10 Å². The number of carbonyl (C=O) groups excluding carboxylic acids is 1. The van der Waals surface area contributed by atoms with E-state index in [9.17, 15) is 4.79 Å². The van der Waals surface area contributed by atoms with Crippen molar-refractivity contribution in [1.29, 1.82) is 0 Å². The summed E-state index contributed by atoms with van der Waals surface area (Å²) in [6, 6.07) is 7.07. The molecule has 6 nitrogen and oxygen atoms in total. The molecule has 7 heteroatoms. The number of ketones is 1. The molecule has 0 radical (unpaired) electrons. The number of halogens is 1. The first-order valence-corrected chi connectivity index (χ1v) is 8.32. The first kappa shape index (κ1) is 15.1. The largest absolute Gasteiger partial charge is 0.383 e. The van der Waals surface area contributed by atoms with Crippen LogP contribution in [0.3, 0.4) is 0 Å². The van der Waals surface area contributed by atoms with Crippen LogP contribution in [0.2, 0.25) is 5.02 Å². The van der Waals surface area contributed by atoms with Crippen LogP contribution >= 0.6 is 11.6 Å². The molecule has 1 aliphatic rings. The average molecular weight is 342 g/mol. The van der Waals surface area contributed by atoms with Gasteiger partial charge in [-0.1, -0.05) is 36.6 Å². The molecule has 0 saturated heterocycles. The SMILES string of the molecule is Nc1ncnc2c1c(C(=O)c1cccc(Cl)c1)nn2C1CCCC1. The first-order chi connectivity index (χ1) is 11.6. The van der Waals surface area contributed by atoms with Crippen LogP contribution in [0, 0.1) is 0 Å². The summed E-state index contributed by atoms with van der Waals surface area (Å²) in [5.41, 5.74) is 7.42. The fraction of sp³-hybridized carbons (Fsp3) is 0.294. The summed E-state index contributed by atoms with van der Waals surface area (Å²) in [6.07, 6.45) is 5.80. The summed E-state index contributed by atoms with van der Waals surface area (Å²) in [5.74, 6) is 0.0513. The third kappa shape index (κ3) is 2.43. The lowest BCUT2D eigenvalue weighted by atomic mass is 10.1. The summed E-state index contributed by atoms with van der Waals surface area (Å²) >= 11 is 6.01. The first-order valence-electron chi connectivity index (χ1n) is 7.94. The van der Waals surface area contributed by atoms with Gasteiger partial charge >= 0.3 is 0 Å².